The highest BCUT2D eigenvalue weighted by molar-refractivity contribution is 7.33. The fourth-order valence-electron chi connectivity index (χ4n) is 0.883. The van der Waals surface area contributed by atoms with Crippen LogP contribution in [0.1, 0.15) is 55.4 Å². The van der Waals surface area contributed by atoms with Crippen molar-refractivity contribution in [3.05, 3.63) is 0 Å². The smallest absolute Gasteiger partial charge is 0.119 e. The maximum Gasteiger partial charge on any atom is 0.697 e. The van der Waals surface area contributed by atoms with Crippen LogP contribution in [0.5, 0.6) is 0 Å². The lowest BCUT2D eigenvalue weighted by Gasteiger charge is -2.25. The molecular weight excluding hydrogens is 247 g/mol. The molecule has 0 saturated carbocycles. The molecule has 0 bridgehead atoms. The van der Waals surface area contributed by atoms with Gasteiger partial charge in [-0.25, -0.2) is 0 Å². The van der Waals surface area contributed by atoms with Crippen LogP contribution in [-0.2, 0) is 13.6 Å². The lowest BCUT2D eigenvalue weighted by Crippen LogP contribution is -2.22. The predicted octanol–water partition coefficient (Wildman–Crippen LogP) is 5.04. The molecule has 0 aromatic carbocycles. The third kappa shape index (κ3) is 7.45. The van der Waals surface area contributed by atoms with Crippen LogP contribution in [0.4, 0.5) is 0 Å². The van der Waals surface area contributed by atoms with Gasteiger partial charge in [0.1, 0.15) is 13.2 Å². The van der Waals surface area contributed by atoms with E-state index in [1.807, 2.05) is 0 Å². The lowest BCUT2D eigenvalue weighted by atomic mass is 9.83. The summed E-state index contributed by atoms with van der Waals surface area (Å²) in [4.78, 5) is 0. The van der Waals surface area contributed by atoms with E-state index in [1.54, 1.807) is 0 Å². The largest absolute Gasteiger partial charge is 0.697 e. The van der Waals surface area contributed by atoms with Gasteiger partial charge in [0.05, 0.1) is 0 Å². The fourth-order valence-corrected chi connectivity index (χ4v) is 1.65. The molecule has 0 rings (SSSR count). The van der Waals surface area contributed by atoms with Crippen molar-refractivity contribution < 1.29 is 13.6 Å². The molecule has 0 saturated heterocycles. The average Bonchev–Trinajstić information content (AvgIpc) is 2.19. The average molecular weight is 277 g/mol. The van der Waals surface area contributed by atoms with Crippen molar-refractivity contribution in [2.45, 2.75) is 55.4 Å². The zero-order valence-corrected chi connectivity index (χ0v) is 14.1. The second-order valence-electron chi connectivity index (χ2n) is 7.35. The Kier molecular flexibility index (Phi) is 6.99. The Morgan fingerprint density at radius 2 is 1.11 bits per heavy atom. The summed E-state index contributed by atoms with van der Waals surface area (Å²) in [5.74, 6) is 0.695. The standard InChI is InChI=1S/C14H30O3P/c1-11(13(3,4)5)9-16-18(15)17-10-12(2)14(6,7)8/h11-12H,9-10H2,1-8H3/q+1. The number of hydrogen-bond donors (Lipinski definition) is 0. The van der Waals surface area contributed by atoms with Crippen LogP contribution in [-0.4, -0.2) is 13.2 Å². The van der Waals surface area contributed by atoms with Crippen LogP contribution in [0.25, 0.3) is 0 Å². The molecule has 0 heterocycles. The van der Waals surface area contributed by atoms with E-state index in [1.165, 1.54) is 0 Å². The third-order valence-electron chi connectivity index (χ3n) is 3.82. The van der Waals surface area contributed by atoms with Gasteiger partial charge >= 0.3 is 8.25 Å². The van der Waals surface area contributed by atoms with Crippen LogP contribution in [0.2, 0.25) is 0 Å². The zero-order chi connectivity index (χ0) is 14.6. The van der Waals surface area contributed by atoms with E-state index in [2.05, 4.69) is 55.4 Å². The fraction of sp³-hybridized carbons (Fsp3) is 1.00. The lowest BCUT2D eigenvalue weighted by molar-refractivity contribution is 0.119. The van der Waals surface area contributed by atoms with Crippen LogP contribution in [0.3, 0.4) is 0 Å². The van der Waals surface area contributed by atoms with E-state index in [9.17, 15) is 4.57 Å². The zero-order valence-electron chi connectivity index (χ0n) is 13.2. The van der Waals surface area contributed by atoms with Gasteiger partial charge in [0, 0.05) is 4.57 Å². The van der Waals surface area contributed by atoms with Gasteiger partial charge in [-0.2, -0.15) is 0 Å². The maximum absolute atomic E-state index is 11.6. The van der Waals surface area contributed by atoms with Crippen molar-refractivity contribution in [3.8, 4) is 0 Å². The first-order valence-electron chi connectivity index (χ1n) is 6.67. The van der Waals surface area contributed by atoms with Crippen LogP contribution in [0, 0.1) is 22.7 Å². The van der Waals surface area contributed by atoms with Crippen LogP contribution < -0.4 is 0 Å². The first-order chi connectivity index (χ1) is 7.94. The predicted molar refractivity (Wildman–Crippen MR) is 76.7 cm³/mol. The third-order valence-corrected chi connectivity index (χ3v) is 4.54. The molecule has 0 radical (unpaired) electrons. The minimum atomic E-state index is -1.99. The van der Waals surface area contributed by atoms with E-state index in [-0.39, 0.29) is 10.8 Å². The van der Waals surface area contributed by atoms with E-state index >= 15 is 0 Å². The molecule has 0 amide bonds. The highest BCUT2D eigenvalue weighted by Crippen LogP contribution is 2.33. The minimum Gasteiger partial charge on any atom is -0.119 e. The molecule has 2 atom stereocenters. The van der Waals surface area contributed by atoms with Gasteiger partial charge in [-0.05, 0) is 22.7 Å². The Morgan fingerprint density at radius 3 is 1.33 bits per heavy atom. The van der Waals surface area contributed by atoms with E-state index in [0.717, 1.165) is 0 Å². The topological polar surface area (TPSA) is 35.5 Å². The summed E-state index contributed by atoms with van der Waals surface area (Å²) >= 11 is 0. The van der Waals surface area contributed by atoms with E-state index < -0.39 is 8.25 Å². The number of rotatable bonds is 6. The van der Waals surface area contributed by atoms with Crippen molar-refractivity contribution in [2.75, 3.05) is 13.2 Å². The maximum atomic E-state index is 11.6. The molecule has 2 unspecified atom stereocenters. The van der Waals surface area contributed by atoms with Gasteiger partial charge in [0.15, 0.2) is 0 Å². The molecule has 4 heteroatoms. The monoisotopic (exact) mass is 277 g/mol. The Morgan fingerprint density at radius 1 is 0.833 bits per heavy atom. The molecule has 0 fully saturated rings. The van der Waals surface area contributed by atoms with Crippen molar-refractivity contribution in [1.82, 2.24) is 0 Å². The highest BCUT2D eigenvalue weighted by atomic mass is 31.1. The van der Waals surface area contributed by atoms with Gasteiger partial charge in [0.25, 0.3) is 0 Å². The summed E-state index contributed by atoms with van der Waals surface area (Å²) in [6, 6.07) is 0. The van der Waals surface area contributed by atoms with Gasteiger partial charge in [-0.3, -0.25) is 0 Å². The van der Waals surface area contributed by atoms with Gasteiger partial charge in [-0.15, -0.1) is 9.05 Å². The van der Waals surface area contributed by atoms with Crippen LogP contribution >= 0.6 is 8.25 Å². The Hall–Kier alpha value is 0.0200. The molecule has 0 aromatic rings. The normalized spacial score (nSPS) is 17.4. The van der Waals surface area contributed by atoms with Crippen molar-refractivity contribution in [1.29, 1.82) is 0 Å². The second-order valence-corrected chi connectivity index (χ2v) is 8.31. The summed E-state index contributed by atoms with van der Waals surface area (Å²) in [7, 11) is -1.99. The highest BCUT2D eigenvalue weighted by Gasteiger charge is 2.30. The molecule has 3 nitrogen and oxygen atoms in total. The van der Waals surface area contributed by atoms with E-state index in [0.29, 0.717) is 25.0 Å². The molecule has 0 N–H and O–H groups in total. The number of hydrogen-bond acceptors (Lipinski definition) is 3. The molecule has 18 heavy (non-hydrogen) atoms. The minimum absolute atomic E-state index is 0.162. The first-order valence-corrected chi connectivity index (χ1v) is 7.77. The summed E-state index contributed by atoms with van der Waals surface area (Å²) < 4.78 is 22.2. The quantitative estimate of drug-likeness (QED) is 0.638. The summed E-state index contributed by atoms with van der Waals surface area (Å²) in [5, 5.41) is 0. The molecule has 0 aliphatic rings. The first kappa shape index (κ1) is 18.0. The molecule has 108 valence electrons. The molecular formula is C14H30O3P+. The van der Waals surface area contributed by atoms with Crippen LogP contribution in [0.15, 0.2) is 0 Å². The SMILES string of the molecule is CC(CO[P+](=O)OCC(C)C(C)(C)C)C(C)(C)C. The molecule has 0 aliphatic heterocycles. The van der Waals surface area contributed by atoms with Crippen molar-refractivity contribution >= 4 is 8.25 Å². The van der Waals surface area contributed by atoms with Crippen molar-refractivity contribution in [2.24, 2.45) is 22.7 Å². The Bertz CT molecular complexity index is 237. The Balaban J connectivity index is 3.94. The van der Waals surface area contributed by atoms with Gasteiger partial charge < -0.3 is 0 Å². The Labute approximate surface area is 114 Å². The molecule has 0 spiro atoms. The molecule has 0 aromatic heterocycles. The summed E-state index contributed by atoms with van der Waals surface area (Å²) in [5.41, 5.74) is 0.323. The summed E-state index contributed by atoms with van der Waals surface area (Å²) in [6.45, 7) is 18.0. The van der Waals surface area contributed by atoms with Gasteiger partial charge in [0.2, 0.25) is 0 Å². The summed E-state index contributed by atoms with van der Waals surface area (Å²) in [6.07, 6.45) is 0. The van der Waals surface area contributed by atoms with Crippen molar-refractivity contribution in [3.63, 3.8) is 0 Å². The molecule has 0 aliphatic carbocycles. The second kappa shape index (κ2) is 6.98. The van der Waals surface area contributed by atoms with E-state index in [4.69, 9.17) is 9.05 Å². The van der Waals surface area contributed by atoms with Gasteiger partial charge in [-0.1, -0.05) is 55.4 Å².